The van der Waals surface area contributed by atoms with Crippen molar-refractivity contribution in [3.8, 4) is 22.1 Å². The molecule has 0 radical (unpaired) electrons. The number of hydrogen-bond acceptors (Lipinski definition) is 7. The number of anilines is 1. The largest absolute Gasteiger partial charge is 0.497 e. The van der Waals surface area contributed by atoms with Crippen molar-refractivity contribution in [2.24, 2.45) is 0 Å². The fourth-order valence-corrected chi connectivity index (χ4v) is 5.27. The summed E-state index contributed by atoms with van der Waals surface area (Å²) in [5.74, 6) is 1.52. The molecule has 0 amide bonds. The highest BCUT2D eigenvalue weighted by Crippen LogP contribution is 2.37. The number of aryl methyl sites for hydroxylation is 2. The number of nitrogens with zero attached hydrogens (tertiary/aromatic N) is 1. The molecule has 0 aliphatic rings. The first-order chi connectivity index (χ1) is 12.8. The molecule has 2 heterocycles. The van der Waals surface area contributed by atoms with Gasteiger partial charge in [-0.25, -0.2) is 8.42 Å². The van der Waals surface area contributed by atoms with Gasteiger partial charge in [0, 0.05) is 16.5 Å². The van der Waals surface area contributed by atoms with Crippen molar-refractivity contribution in [1.29, 1.82) is 0 Å². The Morgan fingerprint density at radius 1 is 1.11 bits per heavy atom. The zero-order valence-electron chi connectivity index (χ0n) is 15.6. The van der Waals surface area contributed by atoms with Gasteiger partial charge < -0.3 is 14.0 Å². The minimum absolute atomic E-state index is 0.189. The average molecular weight is 409 g/mol. The van der Waals surface area contributed by atoms with Gasteiger partial charge in [-0.15, -0.1) is 11.3 Å². The number of hydrogen-bond donors (Lipinski definition) is 1. The topological polar surface area (TPSA) is 90.7 Å². The van der Waals surface area contributed by atoms with Crippen molar-refractivity contribution in [2.75, 3.05) is 18.9 Å². The lowest BCUT2D eigenvalue weighted by Crippen LogP contribution is -2.13. The minimum Gasteiger partial charge on any atom is -0.497 e. The lowest BCUT2D eigenvalue weighted by Gasteiger charge is -2.12. The molecule has 0 fully saturated rings. The smallest absolute Gasteiger partial charge is 0.263 e. The van der Waals surface area contributed by atoms with Crippen LogP contribution in [0.4, 0.5) is 5.69 Å². The first-order valence-electron chi connectivity index (χ1n) is 8.05. The van der Waals surface area contributed by atoms with E-state index in [1.54, 1.807) is 31.2 Å². The van der Waals surface area contributed by atoms with Crippen molar-refractivity contribution < 1.29 is 22.4 Å². The zero-order valence-corrected chi connectivity index (χ0v) is 17.2. The Bertz CT molecular complexity index is 1080. The molecule has 9 heteroatoms. The van der Waals surface area contributed by atoms with Crippen LogP contribution in [0.1, 0.15) is 16.1 Å². The maximum Gasteiger partial charge on any atom is 0.263 e. The summed E-state index contributed by atoms with van der Waals surface area (Å²) in [5, 5.41) is 3.94. The van der Waals surface area contributed by atoms with Gasteiger partial charge in [-0.05, 0) is 39.0 Å². The molecular weight excluding hydrogens is 388 g/mol. The maximum absolute atomic E-state index is 12.9. The summed E-state index contributed by atoms with van der Waals surface area (Å²) in [4.78, 5) is 1.56. The van der Waals surface area contributed by atoms with E-state index in [0.29, 0.717) is 32.7 Å². The first kappa shape index (κ1) is 19.2. The fourth-order valence-electron chi connectivity index (χ4n) is 2.57. The SMILES string of the molecule is COc1ccc(NS(=O)(=O)c2cc(-c3onc(C)c3C)sc2C)c(OC)c1. The Morgan fingerprint density at radius 3 is 2.44 bits per heavy atom. The zero-order chi connectivity index (χ0) is 19.8. The van der Waals surface area contributed by atoms with Gasteiger partial charge in [0.25, 0.3) is 10.0 Å². The van der Waals surface area contributed by atoms with Crippen LogP contribution in [-0.4, -0.2) is 27.8 Å². The molecule has 3 aromatic rings. The van der Waals surface area contributed by atoms with E-state index >= 15 is 0 Å². The van der Waals surface area contributed by atoms with Gasteiger partial charge in [0.15, 0.2) is 5.76 Å². The Labute approximate surface area is 162 Å². The molecule has 0 aliphatic carbocycles. The normalized spacial score (nSPS) is 11.4. The van der Waals surface area contributed by atoms with Gasteiger partial charge in [0.2, 0.25) is 0 Å². The van der Waals surface area contributed by atoms with Crippen molar-refractivity contribution in [1.82, 2.24) is 5.16 Å². The number of nitrogens with one attached hydrogen (secondary N) is 1. The van der Waals surface area contributed by atoms with Crippen LogP contribution in [0.25, 0.3) is 10.6 Å². The predicted octanol–water partition coefficient (Wildman–Crippen LogP) is 4.15. The molecule has 144 valence electrons. The maximum atomic E-state index is 12.9. The number of aromatic nitrogens is 1. The van der Waals surface area contributed by atoms with Crippen LogP contribution >= 0.6 is 11.3 Å². The molecule has 0 aliphatic heterocycles. The number of thiophene rings is 1. The number of ether oxygens (including phenoxy) is 2. The third-order valence-electron chi connectivity index (χ3n) is 4.20. The summed E-state index contributed by atoms with van der Waals surface area (Å²) < 4.78 is 44.2. The van der Waals surface area contributed by atoms with Crippen molar-refractivity contribution in [3.63, 3.8) is 0 Å². The van der Waals surface area contributed by atoms with E-state index in [-0.39, 0.29) is 4.90 Å². The standard InChI is InChI=1S/C18H20N2O5S2/c1-10-11(2)19-25-18(10)16-9-17(12(3)26-16)27(21,22)20-14-7-6-13(23-4)8-15(14)24-5/h6-9,20H,1-5H3. The van der Waals surface area contributed by atoms with Gasteiger partial charge in [-0.1, -0.05) is 5.16 Å². The van der Waals surface area contributed by atoms with E-state index in [1.165, 1.54) is 25.6 Å². The molecule has 0 spiro atoms. The average Bonchev–Trinajstić information content (AvgIpc) is 3.18. The van der Waals surface area contributed by atoms with Crippen LogP contribution in [-0.2, 0) is 10.0 Å². The summed E-state index contributed by atoms with van der Waals surface area (Å²) >= 11 is 1.34. The summed E-state index contributed by atoms with van der Waals surface area (Å²) in [7, 11) is -0.814. The number of methoxy groups -OCH3 is 2. The van der Waals surface area contributed by atoms with E-state index < -0.39 is 10.0 Å². The second-order valence-corrected chi connectivity index (χ2v) is 8.83. The number of benzene rings is 1. The van der Waals surface area contributed by atoms with E-state index in [9.17, 15) is 8.42 Å². The third-order valence-corrected chi connectivity index (χ3v) is 6.87. The van der Waals surface area contributed by atoms with Gasteiger partial charge in [-0.3, -0.25) is 4.72 Å². The van der Waals surface area contributed by atoms with Crippen LogP contribution in [0.3, 0.4) is 0 Å². The summed E-state index contributed by atoms with van der Waals surface area (Å²) in [6, 6.07) is 6.48. The molecule has 1 aromatic carbocycles. The molecule has 0 unspecified atom stereocenters. The van der Waals surface area contributed by atoms with Gasteiger partial charge in [-0.2, -0.15) is 0 Å². The second-order valence-electron chi connectivity index (χ2n) is 5.92. The molecule has 7 nitrogen and oxygen atoms in total. The number of rotatable bonds is 6. The lowest BCUT2D eigenvalue weighted by atomic mass is 10.2. The molecular formula is C18H20N2O5S2. The van der Waals surface area contributed by atoms with E-state index in [4.69, 9.17) is 14.0 Å². The fraction of sp³-hybridized carbons (Fsp3) is 0.278. The van der Waals surface area contributed by atoms with Crippen molar-refractivity contribution in [3.05, 3.63) is 40.4 Å². The van der Waals surface area contributed by atoms with Crippen molar-refractivity contribution >= 4 is 27.0 Å². The van der Waals surface area contributed by atoms with E-state index in [1.807, 2.05) is 13.8 Å². The van der Waals surface area contributed by atoms with E-state index in [2.05, 4.69) is 9.88 Å². The van der Waals surface area contributed by atoms with Crippen LogP contribution in [0.2, 0.25) is 0 Å². The molecule has 3 rings (SSSR count). The van der Waals surface area contributed by atoms with Crippen molar-refractivity contribution in [2.45, 2.75) is 25.7 Å². The third kappa shape index (κ3) is 3.65. The number of sulfonamides is 1. The monoisotopic (exact) mass is 408 g/mol. The predicted molar refractivity (Wildman–Crippen MR) is 104 cm³/mol. The Hall–Kier alpha value is -2.52. The van der Waals surface area contributed by atoms with E-state index in [0.717, 1.165) is 11.3 Å². The van der Waals surface area contributed by atoms with Gasteiger partial charge in [0.05, 0.1) is 30.5 Å². The molecule has 0 atom stereocenters. The van der Waals surface area contributed by atoms with Crippen LogP contribution in [0.5, 0.6) is 11.5 Å². The highest BCUT2D eigenvalue weighted by Gasteiger charge is 2.24. The van der Waals surface area contributed by atoms with Crippen LogP contribution < -0.4 is 14.2 Å². The highest BCUT2D eigenvalue weighted by molar-refractivity contribution is 7.93. The quantitative estimate of drug-likeness (QED) is 0.659. The molecule has 2 aromatic heterocycles. The van der Waals surface area contributed by atoms with Gasteiger partial charge >= 0.3 is 0 Å². The molecule has 0 saturated heterocycles. The molecule has 0 saturated carbocycles. The van der Waals surface area contributed by atoms with Gasteiger partial charge in [0.1, 0.15) is 16.4 Å². The molecule has 27 heavy (non-hydrogen) atoms. The Morgan fingerprint density at radius 2 is 1.85 bits per heavy atom. The van der Waals surface area contributed by atoms with Crippen LogP contribution in [0, 0.1) is 20.8 Å². The minimum atomic E-state index is -3.81. The summed E-state index contributed by atoms with van der Waals surface area (Å²) in [5.41, 5.74) is 2.00. The highest BCUT2D eigenvalue weighted by atomic mass is 32.2. The Kier molecular flexibility index (Phi) is 5.16. The Balaban J connectivity index is 1.98. The first-order valence-corrected chi connectivity index (χ1v) is 10.3. The van der Waals surface area contributed by atoms with Crippen LogP contribution in [0.15, 0.2) is 33.7 Å². The lowest BCUT2D eigenvalue weighted by molar-refractivity contribution is 0.395. The summed E-state index contributed by atoms with van der Waals surface area (Å²) in [6.07, 6.45) is 0. The summed E-state index contributed by atoms with van der Waals surface area (Å²) in [6.45, 7) is 5.50. The molecule has 1 N–H and O–H groups in total. The molecule has 0 bridgehead atoms. The second kappa shape index (κ2) is 7.24.